The molecule has 0 radical (unpaired) electrons. The summed E-state index contributed by atoms with van der Waals surface area (Å²) in [5.74, 6) is 0.755. The smallest absolute Gasteiger partial charge is 0.0431 e. The summed E-state index contributed by atoms with van der Waals surface area (Å²) in [6, 6.07) is 9.57. The lowest BCUT2D eigenvalue weighted by atomic mass is 9.75. The molecular weight excluding hydrogens is 210 g/mol. The molecule has 2 rings (SSSR count). The van der Waals surface area contributed by atoms with Gasteiger partial charge in [0, 0.05) is 12.6 Å². The highest BCUT2D eigenvalue weighted by molar-refractivity contribution is 5.27. The van der Waals surface area contributed by atoms with Gasteiger partial charge in [-0.05, 0) is 50.6 Å². The quantitative estimate of drug-likeness (QED) is 0.740. The Morgan fingerprint density at radius 3 is 2.82 bits per heavy atom. The number of aryl methyl sites for hydroxylation is 1. The molecule has 1 aliphatic rings. The molecular formula is C15H23NO. The average Bonchev–Trinajstić information content (AvgIpc) is 2.26. The van der Waals surface area contributed by atoms with Crippen molar-refractivity contribution in [2.45, 2.75) is 44.6 Å². The van der Waals surface area contributed by atoms with Crippen LogP contribution < -0.4 is 5.32 Å². The van der Waals surface area contributed by atoms with Gasteiger partial charge in [-0.15, -0.1) is 0 Å². The fourth-order valence-corrected chi connectivity index (χ4v) is 2.52. The van der Waals surface area contributed by atoms with Crippen LogP contribution in [0.2, 0.25) is 0 Å². The molecule has 1 aromatic carbocycles. The molecule has 1 aromatic rings. The zero-order valence-electron chi connectivity index (χ0n) is 10.7. The Balaban J connectivity index is 1.68. The Morgan fingerprint density at radius 2 is 2.12 bits per heavy atom. The number of aliphatic hydroxyl groups excluding tert-OH is 1. The summed E-state index contributed by atoms with van der Waals surface area (Å²) >= 11 is 0. The maximum Gasteiger partial charge on any atom is 0.0431 e. The summed E-state index contributed by atoms with van der Waals surface area (Å²) in [7, 11) is 0. The van der Waals surface area contributed by atoms with Crippen molar-refractivity contribution in [3.63, 3.8) is 0 Å². The van der Waals surface area contributed by atoms with Crippen molar-refractivity contribution in [1.29, 1.82) is 0 Å². The van der Waals surface area contributed by atoms with Crippen LogP contribution in [0.5, 0.6) is 0 Å². The van der Waals surface area contributed by atoms with E-state index >= 15 is 0 Å². The molecule has 1 aliphatic carbocycles. The lowest BCUT2D eigenvalue weighted by Gasteiger charge is -2.36. The lowest BCUT2D eigenvalue weighted by molar-refractivity contribution is 0.267. The predicted molar refractivity (Wildman–Crippen MR) is 71.3 cm³/mol. The van der Waals surface area contributed by atoms with Crippen molar-refractivity contribution in [3.8, 4) is 0 Å². The van der Waals surface area contributed by atoms with E-state index in [2.05, 4.69) is 36.5 Å². The Labute approximate surface area is 104 Å². The molecule has 1 fully saturated rings. The van der Waals surface area contributed by atoms with Crippen molar-refractivity contribution in [2.75, 3.05) is 13.2 Å². The third-order valence-electron chi connectivity index (χ3n) is 3.67. The third-order valence-corrected chi connectivity index (χ3v) is 3.67. The van der Waals surface area contributed by atoms with Gasteiger partial charge in [0.1, 0.15) is 0 Å². The molecule has 2 N–H and O–H groups in total. The zero-order chi connectivity index (χ0) is 12.1. The maximum absolute atomic E-state index is 8.69. The van der Waals surface area contributed by atoms with Crippen LogP contribution in [0.15, 0.2) is 24.3 Å². The van der Waals surface area contributed by atoms with Gasteiger partial charge in [0.2, 0.25) is 0 Å². The summed E-state index contributed by atoms with van der Waals surface area (Å²) < 4.78 is 0. The van der Waals surface area contributed by atoms with Crippen molar-refractivity contribution < 1.29 is 5.11 Å². The van der Waals surface area contributed by atoms with E-state index in [4.69, 9.17) is 5.11 Å². The molecule has 2 heteroatoms. The first-order valence-corrected chi connectivity index (χ1v) is 6.70. The topological polar surface area (TPSA) is 32.3 Å². The Bertz CT molecular complexity index is 345. The van der Waals surface area contributed by atoms with Gasteiger partial charge in [0.05, 0.1) is 0 Å². The lowest BCUT2D eigenvalue weighted by Crippen LogP contribution is -2.40. The van der Waals surface area contributed by atoms with E-state index in [9.17, 15) is 0 Å². The average molecular weight is 233 g/mol. The molecule has 0 amide bonds. The van der Waals surface area contributed by atoms with Gasteiger partial charge >= 0.3 is 0 Å². The number of hydrogen-bond donors (Lipinski definition) is 2. The van der Waals surface area contributed by atoms with Crippen LogP contribution in [0.1, 0.15) is 42.7 Å². The standard InChI is InChI=1S/C15H23NO/c1-12-5-4-6-13(9-12)14-10-15(11-14)16-7-2-3-8-17/h4-6,9,14-17H,2-3,7-8,10-11H2,1H3. The fraction of sp³-hybridized carbons (Fsp3) is 0.600. The first kappa shape index (κ1) is 12.6. The van der Waals surface area contributed by atoms with E-state index in [1.54, 1.807) is 0 Å². The van der Waals surface area contributed by atoms with Crippen LogP contribution in [-0.4, -0.2) is 24.3 Å². The number of unbranched alkanes of at least 4 members (excludes halogenated alkanes) is 1. The van der Waals surface area contributed by atoms with Crippen LogP contribution in [0.25, 0.3) is 0 Å². The number of rotatable bonds is 6. The second kappa shape index (κ2) is 6.18. The molecule has 2 nitrogen and oxygen atoms in total. The molecule has 0 saturated heterocycles. The van der Waals surface area contributed by atoms with Crippen LogP contribution in [0.3, 0.4) is 0 Å². The molecule has 0 aliphatic heterocycles. The van der Waals surface area contributed by atoms with Gasteiger partial charge < -0.3 is 10.4 Å². The second-order valence-corrected chi connectivity index (χ2v) is 5.16. The highest BCUT2D eigenvalue weighted by atomic mass is 16.2. The van der Waals surface area contributed by atoms with Crippen LogP contribution >= 0.6 is 0 Å². The molecule has 17 heavy (non-hydrogen) atoms. The van der Waals surface area contributed by atoms with E-state index in [0.717, 1.165) is 25.3 Å². The van der Waals surface area contributed by atoms with Crippen LogP contribution in [-0.2, 0) is 0 Å². The summed E-state index contributed by atoms with van der Waals surface area (Å²) in [6.07, 6.45) is 4.54. The normalized spacial score (nSPS) is 23.4. The van der Waals surface area contributed by atoms with Gasteiger partial charge in [-0.1, -0.05) is 29.8 Å². The SMILES string of the molecule is Cc1cccc(C2CC(NCCCCO)C2)c1. The summed E-state index contributed by atoms with van der Waals surface area (Å²) in [5, 5.41) is 12.2. The van der Waals surface area contributed by atoms with Crippen molar-refractivity contribution in [1.82, 2.24) is 5.32 Å². The molecule has 94 valence electrons. The number of aliphatic hydroxyl groups is 1. The summed E-state index contributed by atoms with van der Waals surface area (Å²) in [5.41, 5.74) is 2.86. The van der Waals surface area contributed by atoms with Crippen molar-refractivity contribution >= 4 is 0 Å². The first-order valence-electron chi connectivity index (χ1n) is 6.70. The number of hydrogen-bond acceptors (Lipinski definition) is 2. The fourth-order valence-electron chi connectivity index (χ4n) is 2.52. The highest BCUT2D eigenvalue weighted by Gasteiger charge is 2.29. The Hall–Kier alpha value is -0.860. The van der Waals surface area contributed by atoms with Gasteiger partial charge in [0.15, 0.2) is 0 Å². The van der Waals surface area contributed by atoms with E-state index in [-0.39, 0.29) is 0 Å². The molecule has 0 atom stereocenters. The van der Waals surface area contributed by atoms with E-state index in [1.165, 1.54) is 24.0 Å². The molecule has 0 aromatic heterocycles. The van der Waals surface area contributed by atoms with Gasteiger partial charge in [-0.25, -0.2) is 0 Å². The van der Waals surface area contributed by atoms with E-state index in [0.29, 0.717) is 12.6 Å². The second-order valence-electron chi connectivity index (χ2n) is 5.16. The minimum absolute atomic E-state index is 0.318. The Morgan fingerprint density at radius 1 is 1.29 bits per heavy atom. The highest BCUT2D eigenvalue weighted by Crippen LogP contribution is 2.36. The predicted octanol–water partition coefficient (Wildman–Crippen LogP) is 2.60. The van der Waals surface area contributed by atoms with Gasteiger partial charge in [0.25, 0.3) is 0 Å². The van der Waals surface area contributed by atoms with Crippen molar-refractivity contribution in [3.05, 3.63) is 35.4 Å². The van der Waals surface area contributed by atoms with E-state index < -0.39 is 0 Å². The van der Waals surface area contributed by atoms with Crippen LogP contribution in [0.4, 0.5) is 0 Å². The number of benzene rings is 1. The number of nitrogens with one attached hydrogen (secondary N) is 1. The van der Waals surface area contributed by atoms with E-state index in [1.807, 2.05) is 0 Å². The minimum Gasteiger partial charge on any atom is -0.396 e. The Kier molecular flexibility index (Phi) is 4.57. The minimum atomic E-state index is 0.318. The monoisotopic (exact) mass is 233 g/mol. The third kappa shape index (κ3) is 3.55. The molecule has 0 heterocycles. The molecule has 0 bridgehead atoms. The van der Waals surface area contributed by atoms with Gasteiger partial charge in [-0.2, -0.15) is 0 Å². The molecule has 0 spiro atoms. The zero-order valence-corrected chi connectivity index (χ0v) is 10.7. The van der Waals surface area contributed by atoms with Crippen molar-refractivity contribution in [2.24, 2.45) is 0 Å². The molecule has 1 saturated carbocycles. The summed E-state index contributed by atoms with van der Waals surface area (Å²) in [6.45, 7) is 3.52. The largest absolute Gasteiger partial charge is 0.396 e. The molecule has 0 unspecified atom stereocenters. The van der Waals surface area contributed by atoms with Crippen LogP contribution in [0, 0.1) is 6.92 Å². The maximum atomic E-state index is 8.69. The first-order chi connectivity index (χ1) is 8.29. The summed E-state index contributed by atoms with van der Waals surface area (Å²) in [4.78, 5) is 0. The van der Waals surface area contributed by atoms with Gasteiger partial charge in [-0.3, -0.25) is 0 Å².